The van der Waals surface area contributed by atoms with Crippen LogP contribution in [0.3, 0.4) is 0 Å². The molecule has 0 spiro atoms. The molecule has 2 rings (SSSR count). The summed E-state index contributed by atoms with van der Waals surface area (Å²) in [5.74, 6) is 1.71. The number of fused-ring (bicyclic) bond motifs is 1. The molecule has 1 aliphatic heterocycles. The number of aromatic amines is 1. The maximum Gasteiger partial charge on any atom is 0.164 e. The average molecular weight is 172 g/mol. The van der Waals surface area contributed by atoms with E-state index in [9.17, 15) is 0 Å². The lowest BCUT2D eigenvalue weighted by molar-refractivity contribution is 0.957. The fraction of sp³-hybridized carbons (Fsp3) is 0.400. The zero-order valence-electron chi connectivity index (χ0n) is 5.52. The Morgan fingerprint density at radius 2 is 2.60 bits per heavy atom. The number of nitrogens with zero attached hydrogens (tertiary/aromatic N) is 1. The van der Waals surface area contributed by atoms with Crippen LogP contribution in [0.15, 0.2) is 4.90 Å². The average Bonchev–Trinajstić information content (AvgIpc) is 2.41. The van der Waals surface area contributed by atoms with Gasteiger partial charge in [0.2, 0.25) is 0 Å². The molecule has 1 atom stereocenters. The summed E-state index contributed by atoms with van der Waals surface area (Å²) in [6.45, 7) is 0. The van der Waals surface area contributed by atoms with Crippen molar-refractivity contribution in [2.45, 2.75) is 10.7 Å². The molecule has 52 valence electrons. The summed E-state index contributed by atoms with van der Waals surface area (Å²) in [4.78, 5) is 1.15. The summed E-state index contributed by atoms with van der Waals surface area (Å²) in [5.41, 5.74) is 1.20. The Hall–Kier alpha value is -0.0851. The monoisotopic (exact) mass is 172 g/mol. The molecule has 1 aromatic heterocycles. The zero-order valence-corrected chi connectivity index (χ0v) is 7.09. The van der Waals surface area contributed by atoms with Crippen LogP contribution >= 0.6 is 23.4 Å². The van der Waals surface area contributed by atoms with Gasteiger partial charge in [0.25, 0.3) is 0 Å². The highest BCUT2D eigenvalue weighted by Crippen LogP contribution is 2.40. The lowest BCUT2D eigenvalue weighted by Crippen LogP contribution is -1.95. The number of hydrogen-bond donors (Lipinski definition) is 1. The second kappa shape index (κ2) is 2.20. The predicted octanol–water partition coefficient (Wildman–Crippen LogP) is 0.843. The molecule has 0 bridgehead atoms. The van der Waals surface area contributed by atoms with Crippen LogP contribution in [0.2, 0.25) is 5.15 Å². The number of hydrogen-bond acceptors (Lipinski definition) is 2. The second-order valence-electron chi connectivity index (χ2n) is 2.47. The molecular formula is C5H6BClN2S. The summed E-state index contributed by atoms with van der Waals surface area (Å²) >= 11 is 7.57. The van der Waals surface area contributed by atoms with Crippen LogP contribution in [0, 0.1) is 0 Å². The lowest BCUT2D eigenvalue weighted by atomic mass is 9.87. The van der Waals surface area contributed by atoms with Gasteiger partial charge in [0.05, 0.1) is 4.90 Å². The summed E-state index contributed by atoms with van der Waals surface area (Å²) in [6.07, 6.45) is 0. The molecule has 1 aliphatic rings. The first-order valence-corrected chi connectivity index (χ1v) is 4.52. The van der Waals surface area contributed by atoms with Gasteiger partial charge < -0.3 is 0 Å². The van der Waals surface area contributed by atoms with E-state index in [4.69, 9.17) is 11.6 Å². The van der Waals surface area contributed by atoms with Gasteiger partial charge >= 0.3 is 0 Å². The fourth-order valence-electron chi connectivity index (χ4n) is 1.08. The highest BCUT2D eigenvalue weighted by atomic mass is 35.5. The lowest BCUT2D eigenvalue weighted by Gasteiger charge is -1.94. The van der Waals surface area contributed by atoms with Crippen LogP contribution in [0.25, 0.3) is 0 Å². The molecule has 10 heavy (non-hydrogen) atoms. The molecule has 0 amide bonds. The van der Waals surface area contributed by atoms with Gasteiger partial charge in [-0.1, -0.05) is 11.6 Å². The minimum Gasteiger partial charge on any atom is -0.280 e. The molecule has 1 unspecified atom stereocenters. The van der Waals surface area contributed by atoms with Gasteiger partial charge in [0.1, 0.15) is 7.85 Å². The fourth-order valence-corrected chi connectivity index (χ4v) is 2.54. The van der Waals surface area contributed by atoms with Crippen LogP contribution < -0.4 is 0 Å². The van der Waals surface area contributed by atoms with Gasteiger partial charge in [-0.05, 0) is 11.6 Å². The number of rotatable bonds is 0. The third kappa shape index (κ3) is 0.788. The van der Waals surface area contributed by atoms with Crippen LogP contribution in [0.5, 0.6) is 0 Å². The topological polar surface area (TPSA) is 28.7 Å². The summed E-state index contributed by atoms with van der Waals surface area (Å²) in [5, 5.41) is 7.47. The molecule has 2 heterocycles. The minimum absolute atomic E-state index is 0.583. The molecule has 1 N–H and O–H groups in total. The second-order valence-corrected chi connectivity index (χ2v) is 3.86. The van der Waals surface area contributed by atoms with Gasteiger partial charge in [0, 0.05) is 5.69 Å². The number of H-pyrrole nitrogens is 1. The molecule has 0 aromatic carbocycles. The van der Waals surface area contributed by atoms with E-state index in [1.807, 2.05) is 0 Å². The van der Waals surface area contributed by atoms with E-state index in [0.717, 1.165) is 10.6 Å². The number of halogens is 1. The SMILES string of the molecule is BC1CSc2c(Cl)n[nH]c21. The summed E-state index contributed by atoms with van der Waals surface area (Å²) < 4.78 is 0. The van der Waals surface area contributed by atoms with E-state index in [-0.39, 0.29) is 0 Å². The maximum atomic E-state index is 5.79. The first kappa shape index (κ1) is 6.61. The van der Waals surface area contributed by atoms with Crippen molar-refractivity contribution in [3.05, 3.63) is 10.8 Å². The molecule has 2 nitrogen and oxygen atoms in total. The summed E-state index contributed by atoms with van der Waals surface area (Å²) in [7, 11) is 2.17. The van der Waals surface area contributed by atoms with Gasteiger partial charge in [0.15, 0.2) is 5.15 Å². The molecular weight excluding hydrogens is 166 g/mol. The molecule has 5 heteroatoms. The Morgan fingerprint density at radius 1 is 1.80 bits per heavy atom. The van der Waals surface area contributed by atoms with E-state index >= 15 is 0 Å². The van der Waals surface area contributed by atoms with Crippen molar-refractivity contribution in [1.82, 2.24) is 10.2 Å². The number of nitrogens with one attached hydrogen (secondary N) is 1. The Labute approximate surface area is 69.1 Å². The van der Waals surface area contributed by atoms with Crippen molar-refractivity contribution in [3.8, 4) is 0 Å². The van der Waals surface area contributed by atoms with Crippen molar-refractivity contribution < 1.29 is 0 Å². The first-order chi connectivity index (χ1) is 4.79. The van der Waals surface area contributed by atoms with Gasteiger partial charge in [-0.3, -0.25) is 5.10 Å². The Balaban J connectivity index is 2.53. The third-order valence-corrected chi connectivity index (χ3v) is 3.43. The number of aromatic nitrogens is 2. The van der Waals surface area contributed by atoms with Gasteiger partial charge in [-0.25, -0.2) is 0 Å². The summed E-state index contributed by atoms with van der Waals surface area (Å²) in [6, 6.07) is 0. The highest BCUT2D eigenvalue weighted by Gasteiger charge is 2.24. The highest BCUT2D eigenvalue weighted by molar-refractivity contribution is 7.99. The third-order valence-electron chi connectivity index (χ3n) is 1.68. The van der Waals surface area contributed by atoms with E-state index in [0.29, 0.717) is 11.0 Å². The molecule has 0 saturated heterocycles. The predicted molar refractivity (Wildman–Crippen MR) is 45.6 cm³/mol. The Bertz CT molecular complexity index is 262. The van der Waals surface area contributed by atoms with Crippen molar-refractivity contribution in [2.75, 3.05) is 5.75 Å². The standard InChI is InChI=1S/C5H6BClN2S/c6-2-1-10-4-3(2)8-9-5(4)7/h2H,1,6H2,(H,8,9). The quantitative estimate of drug-likeness (QED) is 0.588. The number of thioether (sulfide) groups is 1. The Morgan fingerprint density at radius 3 is 3.30 bits per heavy atom. The van der Waals surface area contributed by atoms with Crippen LogP contribution in [-0.4, -0.2) is 23.8 Å². The van der Waals surface area contributed by atoms with Gasteiger partial charge in [-0.15, -0.1) is 11.8 Å². The molecule has 0 fully saturated rings. The van der Waals surface area contributed by atoms with E-state index in [2.05, 4.69) is 18.0 Å². The van der Waals surface area contributed by atoms with Crippen molar-refractivity contribution in [3.63, 3.8) is 0 Å². The van der Waals surface area contributed by atoms with E-state index in [1.165, 1.54) is 5.69 Å². The Kier molecular flexibility index (Phi) is 1.46. The van der Waals surface area contributed by atoms with Crippen molar-refractivity contribution in [2.24, 2.45) is 0 Å². The normalized spacial score (nSPS) is 23.1. The van der Waals surface area contributed by atoms with E-state index in [1.54, 1.807) is 11.8 Å². The maximum absolute atomic E-state index is 5.79. The van der Waals surface area contributed by atoms with Gasteiger partial charge in [-0.2, -0.15) is 5.10 Å². The largest absolute Gasteiger partial charge is 0.280 e. The first-order valence-electron chi connectivity index (χ1n) is 3.15. The van der Waals surface area contributed by atoms with Crippen molar-refractivity contribution >= 4 is 31.2 Å². The molecule has 1 aromatic rings. The smallest absolute Gasteiger partial charge is 0.164 e. The minimum atomic E-state index is 0.583. The molecule has 0 saturated carbocycles. The van der Waals surface area contributed by atoms with Crippen molar-refractivity contribution in [1.29, 1.82) is 0 Å². The van der Waals surface area contributed by atoms with E-state index < -0.39 is 0 Å². The van der Waals surface area contributed by atoms with Crippen LogP contribution in [0.1, 0.15) is 11.5 Å². The molecule has 0 radical (unpaired) electrons. The van der Waals surface area contributed by atoms with Crippen LogP contribution in [-0.2, 0) is 0 Å². The molecule has 0 aliphatic carbocycles. The van der Waals surface area contributed by atoms with Crippen LogP contribution in [0.4, 0.5) is 0 Å². The zero-order chi connectivity index (χ0) is 7.14.